The van der Waals surface area contributed by atoms with Gasteiger partial charge in [0, 0.05) is 11.1 Å². The number of H-pyrrole nitrogens is 1. The van der Waals surface area contributed by atoms with Gasteiger partial charge in [-0.2, -0.15) is 9.78 Å². The Morgan fingerprint density at radius 2 is 1.75 bits per heavy atom. The minimum atomic E-state index is -0.500. The molecule has 3 heterocycles. The molecule has 0 aliphatic carbocycles. The van der Waals surface area contributed by atoms with Crippen LogP contribution in [0.15, 0.2) is 47.3 Å². The average molecular weight is 433 g/mol. The van der Waals surface area contributed by atoms with Crippen molar-refractivity contribution >= 4 is 11.6 Å². The van der Waals surface area contributed by atoms with Gasteiger partial charge in [-0.3, -0.25) is 4.79 Å². The molecule has 5 rings (SSSR count). The van der Waals surface area contributed by atoms with Crippen LogP contribution in [0.1, 0.15) is 17.2 Å². The molecule has 1 atom stereocenters. The number of ether oxygens (including phenoxy) is 3. The van der Waals surface area contributed by atoms with E-state index in [9.17, 15) is 4.79 Å². The van der Waals surface area contributed by atoms with Gasteiger partial charge in [0.05, 0.1) is 27.0 Å². The Kier molecular flexibility index (Phi) is 4.70. The minimum Gasteiger partial charge on any atom is -0.497 e. The molecule has 2 aromatic carbocycles. The van der Waals surface area contributed by atoms with Crippen LogP contribution in [0, 0.1) is 0 Å². The van der Waals surface area contributed by atoms with Crippen LogP contribution in [0.3, 0.4) is 0 Å². The summed E-state index contributed by atoms with van der Waals surface area (Å²) in [6.07, 6.45) is 0. The van der Waals surface area contributed by atoms with E-state index in [2.05, 4.69) is 31.0 Å². The fourth-order valence-corrected chi connectivity index (χ4v) is 3.84. The number of hydrogen-bond donors (Lipinski definition) is 2. The standard InChI is InChI=1S/C21H19N7O4/c1-30-13-7-4-11(5-8-13)19-16-17(12-6-9-14(31-2)15(10-12)32-3)23-24-20(29)18(16)22-21-25-26-27-28(19)21/h4-10,19H,1-3H3,(H,24,29)(H,22,25,27)/t19-/m1/s1. The Balaban J connectivity index is 1.76. The van der Waals surface area contributed by atoms with Gasteiger partial charge in [0.1, 0.15) is 17.5 Å². The molecule has 32 heavy (non-hydrogen) atoms. The van der Waals surface area contributed by atoms with Gasteiger partial charge >= 0.3 is 0 Å². The third-order valence-corrected chi connectivity index (χ3v) is 5.36. The highest BCUT2D eigenvalue weighted by Gasteiger charge is 2.34. The molecule has 0 bridgehead atoms. The first-order valence-corrected chi connectivity index (χ1v) is 9.68. The summed E-state index contributed by atoms with van der Waals surface area (Å²) >= 11 is 0. The summed E-state index contributed by atoms with van der Waals surface area (Å²) < 4.78 is 17.7. The first-order valence-electron chi connectivity index (χ1n) is 9.68. The lowest BCUT2D eigenvalue weighted by Gasteiger charge is -2.28. The van der Waals surface area contributed by atoms with Gasteiger partial charge in [-0.25, -0.2) is 5.10 Å². The Bertz CT molecular complexity index is 1350. The van der Waals surface area contributed by atoms with Crippen LogP contribution in [-0.2, 0) is 0 Å². The number of aromatic amines is 1. The molecule has 0 spiro atoms. The SMILES string of the molecule is COc1ccc([C@@H]2c3c(-c4ccc(OC)c(OC)c4)n[nH]c(=O)c3Nc3nnnn32)cc1. The molecule has 0 amide bonds. The Morgan fingerprint density at radius 3 is 2.47 bits per heavy atom. The smallest absolute Gasteiger partial charge is 0.288 e. The highest BCUT2D eigenvalue weighted by Crippen LogP contribution is 2.42. The number of benzene rings is 2. The van der Waals surface area contributed by atoms with Gasteiger partial charge in [-0.05, 0) is 46.3 Å². The van der Waals surface area contributed by atoms with Crippen molar-refractivity contribution in [2.45, 2.75) is 6.04 Å². The number of hydrogen-bond acceptors (Lipinski definition) is 9. The Labute approximate surface area is 181 Å². The topological polar surface area (TPSA) is 129 Å². The second-order valence-corrected chi connectivity index (χ2v) is 7.01. The molecule has 4 aromatic rings. The number of anilines is 2. The van der Waals surface area contributed by atoms with Crippen LogP contribution in [-0.4, -0.2) is 51.7 Å². The molecule has 0 saturated carbocycles. The van der Waals surface area contributed by atoms with Gasteiger partial charge in [0.25, 0.3) is 5.56 Å². The number of methoxy groups -OCH3 is 3. The molecule has 162 valence electrons. The summed E-state index contributed by atoms with van der Waals surface area (Å²) in [6.45, 7) is 0. The van der Waals surface area contributed by atoms with E-state index in [0.717, 1.165) is 11.1 Å². The van der Waals surface area contributed by atoms with Gasteiger partial charge in [-0.1, -0.05) is 17.2 Å². The number of fused-ring (bicyclic) bond motifs is 2. The predicted octanol–water partition coefficient (Wildman–Crippen LogP) is 2.14. The van der Waals surface area contributed by atoms with Crippen molar-refractivity contribution < 1.29 is 14.2 Å². The van der Waals surface area contributed by atoms with Gasteiger partial charge < -0.3 is 19.5 Å². The third kappa shape index (κ3) is 3.02. The van der Waals surface area contributed by atoms with Crippen molar-refractivity contribution in [2.75, 3.05) is 26.6 Å². The van der Waals surface area contributed by atoms with E-state index in [4.69, 9.17) is 14.2 Å². The minimum absolute atomic E-state index is 0.327. The van der Waals surface area contributed by atoms with Crippen molar-refractivity contribution in [2.24, 2.45) is 0 Å². The molecule has 2 N–H and O–H groups in total. The van der Waals surface area contributed by atoms with Crippen LogP contribution in [0.2, 0.25) is 0 Å². The van der Waals surface area contributed by atoms with E-state index in [1.165, 1.54) is 0 Å². The summed E-state index contributed by atoms with van der Waals surface area (Å²) in [6, 6.07) is 12.4. The van der Waals surface area contributed by atoms with Crippen molar-refractivity contribution in [3.63, 3.8) is 0 Å². The van der Waals surface area contributed by atoms with Crippen LogP contribution in [0.25, 0.3) is 11.3 Å². The van der Waals surface area contributed by atoms with E-state index in [0.29, 0.717) is 40.1 Å². The maximum absolute atomic E-state index is 12.8. The van der Waals surface area contributed by atoms with E-state index in [1.807, 2.05) is 30.3 Å². The van der Waals surface area contributed by atoms with Gasteiger partial charge in [0.15, 0.2) is 11.5 Å². The molecular weight excluding hydrogens is 414 g/mol. The molecular formula is C21H19N7O4. The number of tetrazole rings is 1. The zero-order valence-electron chi connectivity index (χ0n) is 17.5. The molecule has 0 fully saturated rings. The highest BCUT2D eigenvalue weighted by molar-refractivity contribution is 5.76. The van der Waals surface area contributed by atoms with Crippen LogP contribution >= 0.6 is 0 Å². The lowest BCUT2D eigenvalue weighted by atomic mass is 9.92. The summed E-state index contributed by atoms with van der Waals surface area (Å²) in [5, 5.41) is 21.9. The zero-order valence-corrected chi connectivity index (χ0v) is 17.5. The number of aromatic nitrogens is 6. The zero-order chi connectivity index (χ0) is 22.2. The summed E-state index contributed by atoms with van der Waals surface area (Å²) in [4.78, 5) is 12.8. The molecule has 2 aromatic heterocycles. The molecule has 11 nitrogen and oxygen atoms in total. The van der Waals surface area contributed by atoms with E-state index in [-0.39, 0.29) is 5.56 Å². The van der Waals surface area contributed by atoms with Crippen LogP contribution in [0.4, 0.5) is 11.6 Å². The van der Waals surface area contributed by atoms with Crippen LogP contribution in [0.5, 0.6) is 17.2 Å². The first kappa shape index (κ1) is 19.5. The first-order chi connectivity index (χ1) is 15.6. The van der Waals surface area contributed by atoms with E-state index < -0.39 is 6.04 Å². The van der Waals surface area contributed by atoms with Crippen molar-refractivity contribution in [1.29, 1.82) is 0 Å². The molecule has 0 radical (unpaired) electrons. The Hall–Kier alpha value is -4.41. The highest BCUT2D eigenvalue weighted by atomic mass is 16.5. The van der Waals surface area contributed by atoms with E-state index in [1.54, 1.807) is 38.1 Å². The average Bonchev–Trinajstić information content (AvgIpc) is 3.31. The maximum Gasteiger partial charge on any atom is 0.288 e. The number of rotatable bonds is 5. The number of nitrogens with one attached hydrogen (secondary N) is 2. The summed E-state index contributed by atoms with van der Waals surface area (Å²) in [7, 11) is 4.74. The molecule has 11 heteroatoms. The van der Waals surface area contributed by atoms with Crippen molar-refractivity contribution in [1.82, 2.24) is 30.4 Å². The maximum atomic E-state index is 12.8. The van der Waals surface area contributed by atoms with Crippen molar-refractivity contribution in [3.05, 3.63) is 63.9 Å². The molecule has 0 unspecified atom stereocenters. The Morgan fingerprint density at radius 1 is 0.969 bits per heavy atom. The van der Waals surface area contributed by atoms with Gasteiger partial charge in [0.2, 0.25) is 5.95 Å². The fourth-order valence-electron chi connectivity index (χ4n) is 3.84. The summed E-state index contributed by atoms with van der Waals surface area (Å²) in [5.74, 6) is 2.19. The fraction of sp³-hybridized carbons (Fsp3) is 0.190. The second kappa shape index (κ2) is 7.69. The quantitative estimate of drug-likeness (QED) is 0.428. The van der Waals surface area contributed by atoms with Gasteiger partial charge in [-0.15, -0.1) is 0 Å². The number of nitrogens with zero attached hydrogens (tertiary/aromatic N) is 5. The van der Waals surface area contributed by atoms with E-state index >= 15 is 0 Å². The molecule has 1 aliphatic heterocycles. The second-order valence-electron chi connectivity index (χ2n) is 7.01. The monoisotopic (exact) mass is 433 g/mol. The summed E-state index contributed by atoms with van der Waals surface area (Å²) in [5.41, 5.74) is 2.72. The lowest BCUT2D eigenvalue weighted by molar-refractivity contribution is 0.355. The molecule has 1 aliphatic rings. The lowest BCUT2D eigenvalue weighted by Crippen LogP contribution is -2.29. The van der Waals surface area contributed by atoms with Crippen LogP contribution < -0.4 is 25.1 Å². The predicted molar refractivity (Wildman–Crippen MR) is 115 cm³/mol. The van der Waals surface area contributed by atoms with Crippen molar-refractivity contribution in [3.8, 4) is 28.5 Å². The normalized spacial score (nSPS) is 14.2. The molecule has 0 saturated heterocycles. The largest absolute Gasteiger partial charge is 0.497 e. The third-order valence-electron chi connectivity index (χ3n) is 5.36.